The van der Waals surface area contributed by atoms with Crippen LogP contribution in [-0.4, -0.2) is 46.5 Å². The molecule has 128 valence electrons. The van der Waals surface area contributed by atoms with E-state index in [0.29, 0.717) is 34.8 Å². The van der Waals surface area contributed by atoms with Gasteiger partial charge in [0.2, 0.25) is 5.82 Å². The second-order valence-corrected chi connectivity index (χ2v) is 6.18. The highest BCUT2D eigenvalue weighted by Gasteiger charge is 2.29. The van der Waals surface area contributed by atoms with Crippen LogP contribution in [0.1, 0.15) is 24.5 Å². The molecule has 4 rings (SSSR count). The van der Waals surface area contributed by atoms with Crippen LogP contribution in [0.2, 0.25) is 0 Å². The lowest BCUT2D eigenvalue weighted by Gasteiger charge is -2.10. The number of hydrogen-bond acceptors (Lipinski definition) is 8. The largest absolute Gasteiger partial charge is 0.495 e. The number of hydrogen-bond donors (Lipinski definition) is 0. The number of methoxy groups -OCH3 is 1. The first-order chi connectivity index (χ1) is 12.2. The molecule has 0 atom stereocenters. The van der Waals surface area contributed by atoms with Crippen LogP contribution in [0.4, 0.5) is 5.69 Å². The van der Waals surface area contributed by atoms with Gasteiger partial charge in [-0.2, -0.15) is 10.1 Å². The van der Waals surface area contributed by atoms with E-state index >= 15 is 0 Å². The van der Waals surface area contributed by atoms with Crippen molar-refractivity contribution in [2.45, 2.75) is 18.8 Å². The van der Waals surface area contributed by atoms with Crippen molar-refractivity contribution < 1.29 is 9.26 Å². The highest BCUT2D eigenvalue weighted by molar-refractivity contribution is 5.57. The molecule has 3 aromatic heterocycles. The van der Waals surface area contributed by atoms with Crippen molar-refractivity contribution in [3.63, 3.8) is 0 Å². The summed E-state index contributed by atoms with van der Waals surface area (Å²) < 4.78 is 10.8. The van der Waals surface area contributed by atoms with E-state index in [0.717, 1.165) is 24.2 Å². The van der Waals surface area contributed by atoms with Crippen molar-refractivity contribution in [2.75, 3.05) is 26.1 Å². The maximum absolute atomic E-state index is 5.43. The molecule has 0 amide bonds. The van der Waals surface area contributed by atoms with Gasteiger partial charge in [-0.15, -0.1) is 5.10 Å². The van der Waals surface area contributed by atoms with Gasteiger partial charge in [-0.3, -0.25) is 4.98 Å². The molecule has 0 saturated heterocycles. The van der Waals surface area contributed by atoms with Gasteiger partial charge in [0, 0.05) is 26.1 Å². The second-order valence-electron chi connectivity index (χ2n) is 6.18. The molecule has 0 N–H and O–H groups in total. The Labute approximate surface area is 144 Å². The van der Waals surface area contributed by atoms with E-state index in [4.69, 9.17) is 9.26 Å². The van der Waals surface area contributed by atoms with E-state index in [2.05, 4.69) is 25.3 Å². The molecule has 1 saturated carbocycles. The topological polar surface area (TPSA) is 90.1 Å². The molecule has 0 aromatic carbocycles. The summed E-state index contributed by atoms with van der Waals surface area (Å²) in [6.45, 7) is 0. The molecular formula is C17H18N6O2. The highest BCUT2D eigenvalue weighted by atomic mass is 16.5. The van der Waals surface area contributed by atoms with E-state index in [1.54, 1.807) is 19.4 Å². The van der Waals surface area contributed by atoms with Crippen molar-refractivity contribution in [1.82, 2.24) is 25.3 Å². The Bertz CT molecular complexity index is 886. The SMILES string of the molecule is COc1cc(-c2nc(-c3ccc(N(C)C)cn3)no2)nnc1C1CC1. The summed E-state index contributed by atoms with van der Waals surface area (Å²) in [6, 6.07) is 5.60. The summed E-state index contributed by atoms with van der Waals surface area (Å²) in [7, 11) is 5.54. The fourth-order valence-electron chi connectivity index (χ4n) is 2.51. The zero-order chi connectivity index (χ0) is 17.4. The van der Waals surface area contributed by atoms with Gasteiger partial charge < -0.3 is 14.2 Å². The Morgan fingerprint density at radius 1 is 1.16 bits per heavy atom. The molecule has 0 spiro atoms. The maximum Gasteiger partial charge on any atom is 0.278 e. The fraction of sp³-hybridized carbons (Fsp3) is 0.353. The molecule has 0 radical (unpaired) electrons. The van der Waals surface area contributed by atoms with Crippen LogP contribution in [-0.2, 0) is 0 Å². The zero-order valence-corrected chi connectivity index (χ0v) is 14.3. The monoisotopic (exact) mass is 338 g/mol. The fourth-order valence-corrected chi connectivity index (χ4v) is 2.51. The number of aromatic nitrogens is 5. The molecular weight excluding hydrogens is 320 g/mol. The third-order valence-electron chi connectivity index (χ3n) is 4.11. The minimum Gasteiger partial charge on any atom is -0.495 e. The first-order valence-electron chi connectivity index (χ1n) is 8.05. The maximum atomic E-state index is 5.43. The standard InChI is InChI=1S/C17H18N6O2/c1-23(2)11-6-7-12(18-9-11)16-19-17(25-22-16)13-8-14(24-3)15(21-20-13)10-4-5-10/h6-10H,4-5H2,1-3H3. The summed E-state index contributed by atoms with van der Waals surface area (Å²) in [5, 5.41) is 12.5. The molecule has 1 fully saturated rings. The van der Waals surface area contributed by atoms with E-state index in [-0.39, 0.29) is 0 Å². The van der Waals surface area contributed by atoms with Crippen molar-refractivity contribution in [1.29, 1.82) is 0 Å². The summed E-state index contributed by atoms with van der Waals surface area (Å²) >= 11 is 0. The van der Waals surface area contributed by atoms with Crippen molar-refractivity contribution in [3.8, 4) is 28.9 Å². The third-order valence-corrected chi connectivity index (χ3v) is 4.11. The molecule has 0 unspecified atom stereocenters. The minimum absolute atomic E-state index is 0.293. The summed E-state index contributed by atoms with van der Waals surface area (Å²) in [5.41, 5.74) is 3.02. The molecule has 8 nitrogen and oxygen atoms in total. The van der Waals surface area contributed by atoms with Crippen LogP contribution in [0.3, 0.4) is 0 Å². The first-order valence-corrected chi connectivity index (χ1v) is 8.05. The smallest absolute Gasteiger partial charge is 0.278 e. The third kappa shape index (κ3) is 3.02. The Hall–Kier alpha value is -3.03. The molecule has 25 heavy (non-hydrogen) atoms. The summed E-state index contributed by atoms with van der Waals surface area (Å²) in [4.78, 5) is 10.7. The quantitative estimate of drug-likeness (QED) is 0.701. The molecule has 0 bridgehead atoms. The van der Waals surface area contributed by atoms with E-state index < -0.39 is 0 Å². The second kappa shape index (κ2) is 6.12. The van der Waals surface area contributed by atoms with E-state index in [9.17, 15) is 0 Å². The zero-order valence-electron chi connectivity index (χ0n) is 14.3. The van der Waals surface area contributed by atoms with E-state index in [1.807, 2.05) is 31.1 Å². The summed E-state index contributed by atoms with van der Waals surface area (Å²) in [5.74, 6) is 1.86. The van der Waals surface area contributed by atoms with Crippen LogP contribution in [0, 0.1) is 0 Å². The predicted molar refractivity (Wildman–Crippen MR) is 91.4 cm³/mol. The lowest BCUT2D eigenvalue weighted by Crippen LogP contribution is -2.08. The van der Waals surface area contributed by atoms with Gasteiger partial charge in [0.1, 0.15) is 17.1 Å². The molecule has 8 heteroatoms. The van der Waals surface area contributed by atoms with Crippen molar-refractivity contribution in [2.24, 2.45) is 0 Å². The van der Waals surface area contributed by atoms with Gasteiger partial charge in [-0.25, -0.2) is 0 Å². The van der Waals surface area contributed by atoms with Gasteiger partial charge in [-0.1, -0.05) is 5.16 Å². The lowest BCUT2D eigenvalue weighted by molar-refractivity contribution is 0.403. The van der Waals surface area contributed by atoms with E-state index in [1.165, 1.54) is 0 Å². The van der Waals surface area contributed by atoms with Crippen molar-refractivity contribution in [3.05, 3.63) is 30.1 Å². The van der Waals surface area contributed by atoms with Crippen LogP contribution in [0.25, 0.3) is 23.1 Å². The van der Waals surface area contributed by atoms with Crippen LogP contribution in [0.5, 0.6) is 5.75 Å². The Morgan fingerprint density at radius 2 is 2.00 bits per heavy atom. The van der Waals surface area contributed by atoms with Gasteiger partial charge in [0.25, 0.3) is 5.89 Å². The van der Waals surface area contributed by atoms with Gasteiger partial charge in [-0.05, 0) is 25.0 Å². The Kier molecular flexibility index (Phi) is 3.79. The normalized spacial score (nSPS) is 13.7. The molecule has 1 aliphatic carbocycles. The van der Waals surface area contributed by atoms with Crippen LogP contribution < -0.4 is 9.64 Å². The van der Waals surface area contributed by atoms with Gasteiger partial charge in [0.05, 0.1) is 19.0 Å². The predicted octanol–water partition coefficient (Wildman–Crippen LogP) is 2.54. The number of pyridine rings is 1. The minimum atomic E-state index is 0.293. The van der Waals surface area contributed by atoms with Gasteiger partial charge in [0.15, 0.2) is 5.69 Å². The number of ether oxygens (including phenoxy) is 1. The molecule has 1 aliphatic rings. The number of nitrogens with zero attached hydrogens (tertiary/aromatic N) is 6. The number of rotatable bonds is 5. The molecule has 3 aromatic rings. The Balaban J connectivity index is 1.62. The Morgan fingerprint density at radius 3 is 2.64 bits per heavy atom. The van der Waals surface area contributed by atoms with Crippen LogP contribution >= 0.6 is 0 Å². The first kappa shape index (κ1) is 15.5. The average molecular weight is 338 g/mol. The lowest BCUT2D eigenvalue weighted by atomic mass is 10.2. The molecule has 0 aliphatic heterocycles. The summed E-state index contributed by atoms with van der Waals surface area (Å²) in [6.07, 6.45) is 4.02. The van der Waals surface area contributed by atoms with Crippen LogP contribution in [0.15, 0.2) is 28.9 Å². The average Bonchev–Trinajstić information content (AvgIpc) is 3.37. The van der Waals surface area contributed by atoms with Crippen molar-refractivity contribution >= 4 is 5.69 Å². The van der Waals surface area contributed by atoms with Gasteiger partial charge >= 0.3 is 0 Å². The number of anilines is 1. The molecule has 3 heterocycles. The highest BCUT2D eigenvalue weighted by Crippen LogP contribution is 2.43.